The van der Waals surface area contributed by atoms with Crippen LogP contribution in [0.25, 0.3) is 0 Å². The Kier molecular flexibility index (Phi) is 4.10. The number of hydrogen-bond donors (Lipinski definition) is 2. The van der Waals surface area contributed by atoms with Crippen LogP contribution in [0, 0.1) is 0 Å². The molecule has 2 rings (SSSR count). The Bertz CT molecular complexity index is 392. The summed E-state index contributed by atoms with van der Waals surface area (Å²) in [6, 6.07) is 3.34. The summed E-state index contributed by atoms with van der Waals surface area (Å²) in [5.74, 6) is 0.557. The van der Waals surface area contributed by atoms with Gasteiger partial charge in [0.1, 0.15) is 0 Å². The Balaban J connectivity index is 2.13. The number of phenols is 1. The fraction of sp³-hybridized carbons (Fsp3) is 0.500. The van der Waals surface area contributed by atoms with Gasteiger partial charge >= 0.3 is 0 Å². The molecule has 2 N–H and O–H groups in total. The Morgan fingerprint density at radius 1 is 1.41 bits per heavy atom. The predicted octanol–water partition coefficient (Wildman–Crippen LogP) is 1.46. The molecule has 0 aromatic heterocycles. The van der Waals surface area contributed by atoms with E-state index in [1.54, 1.807) is 6.07 Å². The third-order valence-electron chi connectivity index (χ3n) is 2.95. The van der Waals surface area contributed by atoms with Gasteiger partial charge in [0.15, 0.2) is 11.5 Å². The van der Waals surface area contributed by atoms with Crippen LogP contribution in [-0.4, -0.2) is 43.3 Å². The summed E-state index contributed by atoms with van der Waals surface area (Å²) >= 11 is 6.12. The van der Waals surface area contributed by atoms with Gasteiger partial charge in [0.05, 0.1) is 7.11 Å². The van der Waals surface area contributed by atoms with Crippen LogP contribution in [-0.2, 0) is 6.54 Å². The van der Waals surface area contributed by atoms with Gasteiger partial charge in [-0.05, 0) is 11.6 Å². The molecule has 0 unspecified atom stereocenters. The zero-order valence-electron chi connectivity index (χ0n) is 9.87. The highest BCUT2D eigenvalue weighted by atomic mass is 35.5. The molecule has 1 heterocycles. The molecule has 0 spiro atoms. The van der Waals surface area contributed by atoms with E-state index < -0.39 is 0 Å². The maximum atomic E-state index is 9.59. The fourth-order valence-corrected chi connectivity index (χ4v) is 2.20. The fourth-order valence-electron chi connectivity index (χ4n) is 1.98. The van der Waals surface area contributed by atoms with Crippen LogP contribution in [0.3, 0.4) is 0 Å². The molecule has 0 saturated carbocycles. The lowest BCUT2D eigenvalue weighted by molar-refractivity contribution is 0.233. The van der Waals surface area contributed by atoms with E-state index in [0.717, 1.165) is 38.3 Å². The van der Waals surface area contributed by atoms with E-state index in [1.807, 2.05) is 0 Å². The van der Waals surface area contributed by atoms with Crippen LogP contribution in [0.2, 0.25) is 5.02 Å². The van der Waals surface area contributed by atoms with E-state index in [9.17, 15) is 5.11 Å². The number of aromatic hydroxyl groups is 1. The van der Waals surface area contributed by atoms with Gasteiger partial charge in [-0.15, -0.1) is 0 Å². The number of phenolic OH excluding ortho intramolecular Hbond substituents is 1. The molecule has 1 fully saturated rings. The first-order valence-corrected chi connectivity index (χ1v) is 6.07. The lowest BCUT2D eigenvalue weighted by Crippen LogP contribution is -2.42. The van der Waals surface area contributed by atoms with Gasteiger partial charge in [-0.2, -0.15) is 0 Å². The summed E-state index contributed by atoms with van der Waals surface area (Å²) in [5, 5.41) is 13.5. The first kappa shape index (κ1) is 12.5. The van der Waals surface area contributed by atoms with E-state index in [2.05, 4.69) is 10.2 Å². The number of halogens is 1. The number of nitrogens with zero attached hydrogens (tertiary/aromatic N) is 1. The number of piperazine rings is 1. The molecule has 1 saturated heterocycles. The minimum atomic E-state index is 0.0848. The molecular weight excluding hydrogens is 240 g/mol. The Morgan fingerprint density at radius 2 is 2.12 bits per heavy atom. The van der Waals surface area contributed by atoms with Gasteiger partial charge in [-0.1, -0.05) is 11.6 Å². The third kappa shape index (κ3) is 3.03. The molecule has 1 aromatic rings. The molecule has 5 heteroatoms. The topological polar surface area (TPSA) is 44.7 Å². The number of nitrogens with one attached hydrogen (secondary N) is 1. The summed E-state index contributed by atoms with van der Waals surface area (Å²) in [4.78, 5) is 2.33. The van der Waals surface area contributed by atoms with Crippen molar-refractivity contribution in [3.63, 3.8) is 0 Å². The molecule has 0 amide bonds. The quantitative estimate of drug-likeness (QED) is 0.860. The second-order valence-corrected chi connectivity index (χ2v) is 4.55. The molecule has 4 nitrogen and oxygen atoms in total. The first-order chi connectivity index (χ1) is 8.20. The van der Waals surface area contributed by atoms with Gasteiger partial charge in [0.2, 0.25) is 0 Å². The molecule has 0 aliphatic carbocycles. The van der Waals surface area contributed by atoms with Crippen molar-refractivity contribution < 1.29 is 9.84 Å². The highest BCUT2D eigenvalue weighted by Gasteiger charge is 2.14. The molecule has 0 bridgehead atoms. The van der Waals surface area contributed by atoms with Gasteiger partial charge in [-0.25, -0.2) is 0 Å². The van der Waals surface area contributed by atoms with Gasteiger partial charge < -0.3 is 15.2 Å². The Labute approximate surface area is 106 Å². The normalized spacial score (nSPS) is 17.1. The average molecular weight is 257 g/mol. The van der Waals surface area contributed by atoms with Gasteiger partial charge in [0, 0.05) is 43.8 Å². The van der Waals surface area contributed by atoms with E-state index in [0.29, 0.717) is 10.8 Å². The molecule has 1 aromatic carbocycles. The van der Waals surface area contributed by atoms with Gasteiger partial charge in [-0.3, -0.25) is 4.90 Å². The number of methoxy groups -OCH3 is 1. The van der Waals surface area contributed by atoms with E-state index in [4.69, 9.17) is 16.3 Å². The molecule has 1 aliphatic heterocycles. The second-order valence-electron chi connectivity index (χ2n) is 4.14. The summed E-state index contributed by atoms with van der Waals surface area (Å²) in [5.41, 5.74) is 0.989. The predicted molar refractivity (Wildman–Crippen MR) is 67.8 cm³/mol. The number of ether oxygens (including phenoxy) is 1. The first-order valence-electron chi connectivity index (χ1n) is 5.69. The van der Waals surface area contributed by atoms with Crippen molar-refractivity contribution in [2.24, 2.45) is 0 Å². The SMILES string of the molecule is COc1cc(CN2CCNCC2)c(Cl)cc1O. The van der Waals surface area contributed by atoms with Crippen molar-refractivity contribution in [2.45, 2.75) is 6.54 Å². The van der Waals surface area contributed by atoms with Crippen molar-refractivity contribution in [3.8, 4) is 11.5 Å². The summed E-state index contributed by atoms with van der Waals surface area (Å²) in [6.07, 6.45) is 0. The maximum Gasteiger partial charge on any atom is 0.160 e. The number of hydrogen-bond acceptors (Lipinski definition) is 4. The highest BCUT2D eigenvalue weighted by Crippen LogP contribution is 2.32. The van der Waals surface area contributed by atoms with Crippen molar-refractivity contribution in [3.05, 3.63) is 22.7 Å². The van der Waals surface area contributed by atoms with Crippen LogP contribution in [0.4, 0.5) is 0 Å². The molecule has 0 radical (unpaired) electrons. The number of benzene rings is 1. The zero-order valence-corrected chi connectivity index (χ0v) is 10.6. The smallest absolute Gasteiger partial charge is 0.160 e. The third-order valence-corrected chi connectivity index (χ3v) is 3.30. The van der Waals surface area contributed by atoms with E-state index in [1.165, 1.54) is 13.2 Å². The van der Waals surface area contributed by atoms with Crippen LogP contribution < -0.4 is 10.1 Å². The molecule has 94 valence electrons. The van der Waals surface area contributed by atoms with Crippen molar-refractivity contribution >= 4 is 11.6 Å². The minimum Gasteiger partial charge on any atom is -0.504 e. The van der Waals surface area contributed by atoms with Gasteiger partial charge in [0.25, 0.3) is 0 Å². The molecule has 17 heavy (non-hydrogen) atoms. The second kappa shape index (κ2) is 5.58. The monoisotopic (exact) mass is 256 g/mol. The van der Waals surface area contributed by atoms with Crippen molar-refractivity contribution in [1.29, 1.82) is 0 Å². The summed E-state index contributed by atoms with van der Waals surface area (Å²) in [6.45, 7) is 4.83. The van der Waals surface area contributed by atoms with E-state index in [-0.39, 0.29) is 5.75 Å². The summed E-state index contributed by atoms with van der Waals surface area (Å²) < 4.78 is 5.09. The zero-order chi connectivity index (χ0) is 12.3. The average Bonchev–Trinajstić information content (AvgIpc) is 2.34. The van der Waals surface area contributed by atoms with Crippen LogP contribution >= 0.6 is 11.6 Å². The standard InChI is InChI=1S/C12H17ClN2O2/c1-17-12-6-9(10(13)7-11(12)16)8-15-4-2-14-3-5-15/h6-7,14,16H,2-5,8H2,1H3. The number of rotatable bonds is 3. The lowest BCUT2D eigenvalue weighted by Gasteiger charge is -2.27. The summed E-state index contributed by atoms with van der Waals surface area (Å²) in [7, 11) is 1.54. The van der Waals surface area contributed by atoms with Crippen molar-refractivity contribution in [2.75, 3.05) is 33.3 Å². The van der Waals surface area contributed by atoms with Crippen LogP contribution in [0.15, 0.2) is 12.1 Å². The highest BCUT2D eigenvalue weighted by molar-refractivity contribution is 6.31. The van der Waals surface area contributed by atoms with Crippen LogP contribution in [0.5, 0.6) is 11.5 Å². The van der Waals surface area contributed by atoms with E-state index >= 15 is 0 Å². The molecule has 1 aliphatic rings. The molecular formula is C12H17ClN2O2. The lowest BCUT2D eigenvalue weighted by atomic mass is 10.1. The minimum absolute atomic E-state index is 0.0848. The Hall–Kier alpha value is -0.970. The maximum absolute atomic E-state index is 9.59. The Morgan fingerprint density at radius 3 is 2.76 bits per heavy atom. The van der Waals surface area contributed by atoms with Crippen LogP contribution in [0.1, 0.15) is 5.56 Å². The molecule has 0 atom stereocenters. The largest absolute Gasteiger partial charge is 0.504 e. The van der Waals surface area contributed by atoms with Crippen molar-refractivity contribution in [1.82, 2.24) is 10.2 Å².